The number of aliphatic hydroxyl groups is 1. The second kappa shape index (κ2) is 5.21. The first kappa shape index (κ1) is 13.2. The molecule has 1 N–H and O–H groups in total. The molecule has 1 heterocycles. The molecule has 18 heavy (non-hydrogen) atoms. The summed E-state index contributed by atoms with van der Waals surface area (Å²) in [6.07, 6.45) is 1.61. The Kier molecular flexibility index (Phi) is 3.83. The van der Waals surface area contributed by atoms with Crippen molar-refractivity contribution < 1.29 is 9.90 Å². The molecule has 3 nitrogen and oxygen atoms in total. The third-order valence-corrected chi connectivity index (χ3v) is 3.85. The third kappa shape index (κ3) is 2.98. The molecule has 98 valence electrons. The molecule has 1 aromatic rings. The first-order valence-electron chi connectivity index (χ1n) is 6.50. The molecule has 1 fully saturated rings. The van der Waals surface area contributed by atoms with Crippen LogP contribution in [0.25, 0.3) is 0 Å². The first-order chi connectivity index (χ1) is 8.50. The maximum atomic E-state index is 12.2. The molecule has 0 saturated carbocycles. The highest BCUT2D eigenvalue weighted by atomic mass is 16.3. The number of Topliss-reactive ketones (excluding diaryl/α,β-unsaturated/α-hetero) is 1. The highest BCUT2D eigenvalue weighted by molar-refractivity contribution is 5.98. The molecule has 0 bridgehead atoms. The molecule has 0 unspecified atom stereocenters. The minimum absolute atomic E-state index is 0.0557. The number of nitrogens with zero attached hydrogens (tertiary/aromatic N) is 1. The van der Waals surface area contributed by atoms with Gasteiger partial charge in [0.05, 0.1) is 5.60 Å². The van der Waals surface area contributed by atoms with Crippen molar-refractivity contribution in [1.82, 2.24) is 4.90 Å². The quantitative estimate of drug-likeness (QED) is 0.831. The fourth-order valence-electron chi connectivity index (χ4n) is 2.49. The molecular weight excluding hydrogens is 226 g/mol. The van der Waals surface area contributed by atoms with Crippen LogP contribution in [0.5, 0.6) is 0 Å². The van der Waals surface area contributed by atoms with Crippen LogP contribution in [-0.2, 0) is 0 Å². The van der Waals surface area contributed by atoms with Gasteiger partial charge in [-0.15, -0.1) is 0 Å². The standard InChI is InChI=1S/C15H21NO2/c1-12-5-3-4-6-13(12)14(17)11-15(18)7-9-16(2)10-8-15/h3-6,18H,7-11H2,1-2H3. The van der Waals surface area contributed by atoms with Crippen LogP contribution in [0.1, 0.15) is 35.2 Å². The average Bonchev–Trinajstić information content (AvgIpc) is 2.34. The minimum Gasteiger partial charge on any atom is -0.389 e. The van der Waals surface area contributed by atoms with Gasteiger partial charge >= 0.3 is 0 Å². The Labute approximate surface area is 108 Å². The molecular formula is C15H21NO2. The lowest BCUT2D eigenvalue weighted by atomic mass is 9.84. The summed E-state index contributed by atoms with van der Waals surface area (Å²) < 4.78 is 0. The Balaban J connectivity index is 2.06. The van der Waals surface area contributed by atoms with Crippen LogP contribution >= 0.6 is 0 Å². The van der Waals surface area contributed by atoms with E-state index in [2.05, 4.69) is 4.90 Å². The van der Waals surface area contributed by atoms with Crippen molar-refractivity contribution in [3.8, 4) is 0 Å². The van der Waals surface area contributed by atoms with Crippen LogP contribution in [-0.4, -0.2) is 41.5 Å². The van der Waals surface area contributed by atoms with Crippen molar-refractivity contribution in [2.45, 2.75) is 31.8 Å². The van der Waals surface area contributed by atoms with Gasteiger partial charge in [-0.05, 0) is 32.4 Å². The van der Waals surface area contributed by atoms with Crippen LogP contribution in [0.2, 0.25) is 0 Å². The zero-order chi connectivity index (χ0) is 13.2. The topological polar surface area (TPSA) is 40.5 Å². The Bertz CT molecular complexity index is 434. The van der Waals surface area contributed by atoms with Crippen molar-refractivity contribution in [3.05, 3.63) is 35.4 Å². The molecule has 0 atom stereocenters. The maximum absolute atomic E-state index is 12.2. The van der Waals surface area contributed by atoms with E-state index >= 15 is 0 Å². The van der Waals surface area contributed by atoms with Gasteiger partial charge in [0.1, 0.15) is 0 Å². The van der Waals surface area contributed by atoms with Gasteiger partial charge in [0, 0.05) is 25.1 Å². The van der Waals surface area contributed by atoms with Gasteiger partial charge in [-0.1, -0.05) is 24.3 Å². The number of benzene rings is 1. The van der Waals surface area contributed by atoms with Gasteiger partial charge in [-0.2, -0.15) is 0 Å². The lowest BCUT2D eigenvalue weighted by Gasteiger charge is -2.36. The van der Waals surface area contributed by atoms with E-state index in [1.165, 1.54) is 0 Å². The highest BCUT2D eigenvalue weighted by Crippen LogP contribution is 2.27. The summed E-state index contributed by atoms with van der Waals surface area (Å²) in [5.74, 6) is 0.0557. The first-order valence-corrected chi connectivity index (χ1v) is 6.50. The molecule has 0 aliphatic carbocycles. The molecule has 0 amide bonds. The molecule has 2 rings (SSSR count). The fourth-order valence-corrected chi connectivity index (χ4v) is 2.49. The SMILES string of the molecule is Cc1ccccc1C(=O)CC1(O)CCN(C)CC1. The van der Waals surface area contributed by atoms with E-state index in [-0.39, 0.29) is 12.2 Å². The molecule has 1 aromatic carbocycles. The van der Waals surface area contributed by atoms with Gasteiger partial charge in [0.15, 0.2) is 5.78 Å². The summed E-state index contributed by atoms with van der Waals surface area (Å²) in [6.45, 7) is 3.65. The fraction of sp³-hybridized carbons (Fsp3) is 0.533. The van der Waals surface area contributed by atoms with E-state index < -0.39 is 5.60 Å². The summed E-state index contributed by atoms with van der Waals surface area (Å²) in [5, 5.41) is 10.5. The normalized spacial score (nSPS) is 19.7. The molecule has 1 aliphatic heterocycles. The number of piperidine rings is 1. The van der Waals surface area contributed by atoms with Crippen molar-refractivity contribution in [3.63, 3.8) is 0 Å². The number of hydrogen-bond acceptors (Lipinski definition) is 3. The zero-order valence-corrected chi connectivity index (χ0v) is 11.1. The van der Waals surface area contributed by atoms with E-state index in [1.807, 2.05) is 38.2 Å². The number of rotatable bonds is 3. The molecule has 3 heteroatoms. The Morgan fingerprint density at radius 2 is 1.94 bits per heavy atom. The summed E-state index contributed by atoms with van der Waals surface area (Å²) in [4.78, 5) is 14.4. The summed E-state index contributed by atoms with van der Waals surface area (Å²) in [7, 11) is 2.04. The Morgan fingerprint density at radius 3 is 2.56 bits per heavy atom. The van der Waals surface area contributed by atoms with E-state index in [0.717, 1.165) is 24.2 Å². The van der Waals surface area contributed by atoms with Gasteiger partial charge in [-0.25, -0.2) is 0 Å². The lowest BCUT2D eigenvalue weighted by molar-refractivity contribution is -0.0172. The van der Waals surface area contributed by atoms with Crippen LogP contribution in [0.15, 0.2) is 24.3 Å². The second-order valence-electron chi connectivity index (χ2n) is 5.44. The molecule has 1 saturated heterocycles. The van der Waals surface area contributed by atoms with Crippen LogP contribution < -0.4 is 0 Å². The van der Waals surface area contributed by atoms with Crippen molar-refractivity contribution in [1.29, 1.82) is 0 Å². The number of carbonyl (C=O) groups is 1. The summed E-state index contributed by atoms with van der Waals surface area (Å²) in [6, 6.07) is 7.58. The van der Waals surface area contributed by atoms with E-state index in [4.69, 9.17) is 0 Å². The zero-order valence-electron chi connectivity index (χ0n) is 11.1. The monoisotopic (exact) mass is 247 g/mol. The van der Waals surface area contributed by atoms with E-state index in [0.29, 0.717) is 12.8 Å². The van der Waals surface area contributed by atoms with Crippen LogP contribution in [0.3, 0.4) is 0 Å². The van der Waals surface area contributed by atoms with Crippen molar-refractivity contribution in [2.24, 2.45) is 0 Å². The molecule has 0 radical (unpaired) electrons. The Morgan fingerprint density at radius 1 is 1.33 bits per heavy atom. The molecule has 1 aliphatic rings. The number of aryl methyl sites for hydroxylation is 1. The predicted molar refractivity (Wildman–Crippen MR) is 71.8 cm³/mol. The third-order valence-electron chi connectivity index (χ3n) is 3.85. The summed E-state index contributed by atoms with van der Waals surface area (Å²) >= 11 is 0. The average molecular weight is 247 g/mol. The Hall–Kier alpha value is -1.19. The van der Waals surface area contributed by atoms with E-state index in [1.54, 1.807) is 0 Å². The highest BCUT2D eigenvalue weighted by Gasteiger charge is 2.33. The summed E-state index contributed by atoms with van der Waals surface area (Å²) in [5.41, 5.74) is 0.912. The minimum atomic E-state index is -0.814. The smallest absolute Gasteiger partial charge is 0.166 e. The number of carbonyl (C=O) groups excluding carboxylic acids is 1. The van der Waals surface area contributed by atoms with Crippen molar-refractivity contribution >= 4 is 5.78 Å². The van der Waals surface area contributed by atoms with E-state index in [9.17, 15) is 9.90 Å². The van der Waals surface area contributed by atoms with Crippen LogP contribution in [0, 0.1) is 6.92 Å². The molecule has 0 spiro atoms. The van der Waals surface area contributed by atoms with Gasteiger partial charge < -0.3 is 10.0 Å². The number of hydrogen-bond donors (Lipinski definition) is 1. The van der Waals surface area contributed by atoms with Gasteiger partial charge in [0.2, 0.25) is 0 Å². The number of ketones is 1. The maximum Gasteiger partial charge on any atom is 0.166 e. The second-order valence-corrected chi connectivity index (χ2v) is 5.44. The predicted octanol–water partition coefficient (Wildman–Crippen LogP) is 2.02. The van der Waals surface area contributed by atoms with Gasteiger partial charge in [-0.3, -0.25) is 4.79 Å². The van der Waals surface area contributed by atoms with Crippen molar-refractivity contribution in [2.75, 3.05) is 20.1 Å². The lowest BCUT2D eigenvalue weighted by Crippen LogP contribution is -2.44. The number of likely N-dealkylation sites (tertiary alicyclic amines) is 1. The van der Waals surface area contributed by atoms with Crippen LogP contribution in [0.4, 0.5) is 0 Å². The largest absolute Gasteiger partial charge is 0.389 e. The molecule has 0 aromatic heterocycles. The van der Waals surface area contributed by atoms with Gasteiger partial charge in [0.25, 0.3) is 0 Å².